The van der Waals surface area contributed by atoms with Gasteiger partial charge in [-0.1, -0.05) is 11.6 Å². The Morgan fingerprint density at radius 1 is 1.21 bits per heavy atom. The number of benzene rings is 1. The van der Waals surface area contributed by atoms with Crippen LogP contribution in [-0.4, -0.2) is 73.7 Å². The van der Waals surface area contributed by atoms with Crippen molar-refractivity contribution in [2.24, 2.45) is 0 Å². The van der Waals surface area contributed by atoms with Crippen molar-refractivity contribution < 1.29 is 23.5 Å². The summed E-state index contributed by atoms with van der Waals surface area (Å²) in [7, 11) is 1.51. The van der Waals surface area contributed by atoms with Crippen molar-refractivity contribution in [2.45, 2.75) is 37.8 Å². The smallest absolute Gasteiger partial charge is 0.256 e. The Labute approximate surface area is 169 Å². The van der Waals surface area contributed by atoms with Gasteiger partial charge in [0.2, 0.25) is 5.91 Å². The zero-order chi connectivity index (χ0) is 20.1. The van der Waals surface area contributed by atoms with E-state index in [1.165, 1.54) is 25.3 Å². The minimum atomic E-state index is -0.573. The number of likely N-dealkylation sites (tertiary alicyclic amines) is 1. The van der Waals surface area contributed by atoms with E-state index in [0.717, 1.165) is 12.8 Å². The highest BCUT2D eigenvalue weighted by Gasteiger charge is 2.35. The van der Waals surface area contributed by atoms with Crippen LogP contribution in [0.15, 0.2) is 18.2 Å². The summed E-state index contributed by atoms with van der Waals surface area (Å²) in [4.78, 5) is 28.9. The van der Waals surface area contributed by atoms with E-state index in [9.17, 15) is 14.0 Å². The standard InChI is InChI=1S/C20H26ClFN2O4/c1-27-13-19(25)24(16-6-10-28-11-7-16)15-4-8-23(9-5-15)20(26)17-12-14(21)2-3-18(17)22/h2-3,12,15-16H,4-11,13H2,1H3. The molecular weight excluding hydrogens is 387 g/mol. The summed E-state index contributed by atoms with van der Waals surface area (Å²) in [5, 5.41) is 0.329. The maximum atomic E-state index is 14.0. The minimum Gasteiger partial charge on any atom is -0.381 e. The molecule has 28 heavy (non-hydrogen) atoms. The van der Waals surface area contributed by atoms with Crippen molar-refractivity contribution in [3.05, 3.63) is 34.6 Å². The zero-order valence-electron chi connectivity index (χ0n) is 16.0. The number of piperidine rings is 1. The van der Waals surface area contributed by atoms with Crippen LogP contribution in [0.25, 0.3) is 0 Å². The fourth-order valence-corrected chi connectivity index (χ4v) is 4.22. The summed E-state index contributed by atoms with van der Waals surface area (Å²) in [6.07, 6.45) is 2.92. The normalized spacial score (nSPS) is 18.9. The molecule has 1 aromatic carbocycles. The first-order valence-electron chi connectivity index (χ1n) is 9.63. The Morgan fingerprint density at radius 2 is 1.86 bits per heavy atom. The molecule has 8 heteroatoms. The molecular formula is C20H26ClFN2O4. The maximum Gasteiger partial charge on any atom is 0.256 e. The van der Waals surface area contributed by atoms with Gasteiger partial charge >= 0.3 is 0 Å². The topological polar surface area (TPSA) is 59.1 Å². The highest BCUT2D eigenvalue weighted by atomic mass is 35.5. The predicted molar refractivity (Wildman–Crippen MR) is 103 cm³/mol. The zero-order valence-corrected chi connectivity index (χ0v) is 16.8. The molecule has 154 valence electrons. The van der Waals surface area contributed by atoms with Crippen molar-refractivity contribution in [2.75, 3.05) is 40.0 Å². The third-order valence-electron chi connectivity index (χ3n) is 5.44. The third-order valence-corrected chi connectivity index (χ3v) is 5.68. The van der Waals surface area contributed by atoms with Crippen molar-refractivity contribution in [3.63, 3.8) is 0 Å². The van der Waals surface area contributed by atoms with Crippen LogP contribution in [0.1, 0.15) is 36.0 Å². The Balaban J connectivity index is 1.67. The summed E-state index contributed by atoms with van der Waals surface area (Å²) in [5.41, 5.74) is -0.0114. The summed E-state index contributed by atoms with van der Waals surface area (Å²) < 4.78 is 24.5. The molecule has 0 atom stereocenters. The first-order chi connectivity index (χ1) is 13.5. The van der Waals surface area contributed by atoms with Gasteiger partial charge in [-0.05, 0) is 43.9 Å². The lowest BCUT2D eigenvalue weighted by Crippen LogP contribution is -2.54. The van der Waals surface area contributed by atoms with E-state index in [1.807, 2.05) is 4.90 Å². The molecule has 0 unspecified atom stereocenters. The van der Waals surface area contributed by atoms with Gasteiger partial charge in [0, 0.05) is 50.5 Å². The van der Waals surface area contributed by atoms with Gasteiger partial charge in [0.1, 0.15) is 12.4 Å². The molecule has 0 radical (unpaired) electrons. The van der Waals surface area contributed by atoms with E-state index in [0.29, 0.717) is 44.2 Å². The Bertz CT molecular complexity index is 703. The number of halogens is 2. The lowest BCUT2D eigenvalue weighted by molar-refractivity contribution is -0.143. The van der Waals surface area contributed by atoms with Crippen LogP contribution in [0.5, 0.6) is 0 Å². The Kier molecular flexibility index (Phi) is 7.26. The Morgan fingerprint density at radius 3 is 2.50 bits per heavy atom. The molecule has 0 saturated carbocycles. The second kappa shape index (κ2) is 9.67. The van der Waals surface area contributed by atoms with E-state index in [2.05, 4.69) is 0 Å². The SMILES string of the molecule is COCC(=O)N(C1CCOCC1)C1CCN(C(=O)c2cc(Cl)ccc2F)CC1. The average Bonchev–Trinajstić information content (AvgIpc) is 2.71. The molecule has 0 aromatic heterocycles. The molecule has 6 nitrogen and oxygen atoms in total. The van der Waals surface area contributed by atoms with Crippen LogP contribution in [0.2, 0.25) is 5.02 Å². The maximum absolute atomic E-state index is 14.0. The fraction of sp³-hybridized carbons (Fsp3) is 0.600. The first kappa shape index (κ1) is 21.0. The van der Waals surface area contributed by atoms with E-state index in [-0.39, 0.29) is 36.1 Å². The lowest BCUT2D eigenvalue weighted by atomic mass is 9.97. The van der Waals surface area contributed by atoms with Crippen molar-refractivity contribution in [1.29, 1.82) is 0 Å². The number of amides is 2. The summed E-state index contributed by atoms with van der Waals surface area (Å²) in [6.45, 7) is 2.27. The van der Waals surface area contributed by atoms with Crippen LogP contribution >= 0.6 is 11.6 Å². The van der Waals surface area contributed by atoms with Gasteiger partial charge in [-0.3, -0.25) is 9.59 Å². The van der Waals surface area contributed by atoms with Gasteiger partial charge < -0.3 is 19.3 Å². The monoisotopic (exact) mass is 412 g/mol. The average molecular weight is 413 g/mol. The van der Waals surface area contributed by atoms with E-state index >= 15 is 0 Å². The number of hydrogen-bond acceptors (Lipinski definition) is 4. The van der Waals surface area contributed by atoms with Crippen LogP contribution in [0, 0.1) is 5.82 Å². The van der Waals surface area contributed by atoms with Crippen molar-refractivity contribution in [3.8, 4) is 0 Å². The molecule has 0 N–H and O–H groups in total. The first-order valence-corrected chi connectivity index (χ1v) is 10.0. The molecule has 0 bridgehead atoms. The second-order valence-corrected chi connectivity index (χ2v) is 7.66. The third kappa shape index (κ3) is 4.82. The molecule has 0 spiro atoms. The van der Waals surface area contributed by atoms with Crippen LogP contribution in [-0.2, 0) is 14.3 Å². The number of hydrogen-bond donors (Lipinski definition) is 0. The molecule has 2 aliphatic rings. The van der Waals surface area contributed by atoms with E-state index in [4.69, 9.17) is 21.1 Å². The molecule has 0 aliphatic carbocycles. The molecule has 3 rings (SSSR count). The number of carbonyl (C=O) groups excluding carboxylic acids is 2. The largest absolute Gasteiger partial charge is 0.381 e. The number of rotatable bonds is 5. The molecule has 2 amide bonds. The van der Waals surface area contributed by atoms with E-state index < -0.39 is 5.82 Å². The summed E-state index contributed by atoms with van der Waals surface area (Å²) >= 11 is 5.91. The molecule has 1 aromatic rings. The number of carbonyl (C=O) groups is 2. The van der Waals surface area contributed by atoms with Crippen LogP contribution in [0.3, 0.4) is 0 Å². The van der Waals surface area contributed by atoms with Gasteiger partial charge in [0.05, 0.1) is 5.56 Å². The van der Waals surface area contributed by atoms with Crippen LogP contribution in [0.4, 0.5) is 4.39 Å². The quantitative estimate of drug-likeness (QED) is 0.746. The van der Waals surface area contributed by atoms with Gasteiger partial charge in [-0.2, -0.15) is 0 Å². The molecule has 2 heterocycles. The Hall–Kier alpha value is -1.70. The van der Waals surface area contributed by atoms with Gasteiger partial charge in [0.25, 0.3) is 5.91 Å². The number of nitrogens with zero attached hydrogens (tertiary/aromatic N) is 2. The van der Waals surface area contributed by atoms with Crippen LogP contribution < -0.4 is 0 Å². The second-order valence-electron chi connectivity index (χ2n) is 7.23. The molecule has 2 fully saturated rings. The van der Waals surface area contributed by atoms with Gasteiger partial charge in [-0.15, -0.1) is 0 Å². The highest BCUT2D eigenvalue weighted by Crippen LogP contribution is 2.26. The summed E-state index contributed by atoms with van der Waals surface area (Å²) in [6, 6.07) is 4.17. The lowest BCUT2D eigenvalue weighted by Gasteiger charge is -2.43. The van der Waals surface area contributed by atoms with Gasteiger partial charge in [0.15, 0.2) is 0 Å². The van der Waals surface area contributed by atoms with Crippen molar-refractivity contribution >= 4 is 23.4 Å². The van der Waals surface area contributed by atoms with Crippen molar-refractivity contribution in [1.82, 2.24) is 9.80 Å². The summed E-state index contributed by atoms with van der Waals surface area (Å²) in [5.74, 6) is -0.963. The molecule has 2 saturated heterocycles. The number of methoxy groups -OCH3 is 1. The fourth-order valence-electron chi connectivity index (χ4n) is 4.05. The molecule has 2 aliphatic heterocycles. The highest BCUT2D eigenvalue weighted by molar-refractivity contribution is 6.31. The predicted octanol–water partition coefficient (Wildman–Crippen LogP) is 2.74. The van der Waals surface area contributed by atoms with E-state index in [1.54, 1.807) is 4.90 Å². The number of ether oxygens (including phenoxy) is 2. The minimum absolute atomic E-state index is 0.0114. The van der Waals surface area contributed by atoms with Gasteiger partial charge in [-0.25, -0.2) is 4.39 Å².